The van der Waals surface area contributed by atoms with Gasteiger partial charge in [-0.1, -0.05) is 0 Å². The molecule has 0 atom stereocenters. The van der Waals surface area contributed by atoms with Crippen LogP contribution in [0.1, 0.15) is 47.5 Å². The molecule has 156 valence electrons. The normalized spacial score (nSPS) is 17.8. The van der Waals surface area contributed by atoms with E-state index in [1.165, 1.54) is 12.0 Å². The third-order valence-electron chi connectivity index (χ3n) is 5.90. The van der Waals surface area contributed by atoms with Crippen LogP contribution in [0, 0.1) is 0 Å². The van der Waals surface area contributed by atoms with Crippen molar-refractivity contribution in [1.82, 2.24) is 9.80 Å². The predicted octanol–water partition coefficient (Wildman–Crippen LogP) is 4.21. The van der Waals surface area contributed by atoms with Crippen LogP contribution < -0.4 is 9.47 Å². The zero-order valence-corrected chi connectivity index (χ0v) is 18.2. The maximum Gasteiger partial charge on any atom is 0.253 e. The Bertz CT molecular complexity index is 842. The van der Waals surface area contributed by atoms with Crippen LogP contribution in [0.2, 0.25) is 0 Å². The van der Waals surface area contributed by atoms with Crippen LogP contribution in [0.25, 0.3) is 0 Å². The number of amides is 1. The number of thiophene rings is 1. The molecule has 1 amide bonds. The topological polar surface area (TPSA) is 42.0 Å². The second kappa shape index (κ2) is 9.18. The molecule has 1 fully saturated rings. The van der Waals surface area contributed by atoms with Gasteiger partial charge in [-0.25, -0.2) is 0 Å². The van der Waals surface area contributed by atoms with E-state index < -0.39 is 0 Å². The number of fused-ring (bicyclic) bond motifs is 1. The fourth-order valence-corrected chi connectivity index (χ4v) is 5.27. The second-order valence-electron chi connectivity index (χ2n) is 7.64. The Balaban J connectivity index is 1.37. The molecule has 3 heterocycles. The molecule has 0 aliphatic carbocycles. The van der Waals surface area contributed by atoms with Crippen LogP contribution in [0.15, 0.2) is 29.6 Å². The third kappa shape index (κ3) is 4.43. The number of likely N-dealkylation sites (tertiary alicyclic amines) is 1. The number of rotatable bonds is 6. The van der Waals surface area contributed by atoms with Crippen LogP contribution in [0.5, 0.6) is 11.5 Å². The molecule has 0 saturated carbocycles. The van der Waals surface area contributed by atoms with Crippen LogP contribution in [0.3, 0.4) is 0 Å². The van der Waals surface area contributed by atoms with E-state index in [2.05, 4.69) is 16.3 Å². The molecule has 0 radical (unpaired) electrons. The van der Waals surface area contributed by atoms with E-state index in [-0.39, 0.29) is 5.91 Å². The van der Waals surface area contributed by atoms with E-state index >= 15 is 0 Å². The van der Waals surface area contributed by atoms with Gasteiger partial charge in [-0.15, -0.1) is 11.3 Å². The second-order valence-corrected chi connectivity index (χ2v) is 8.64. The van der Waals surface area contributed by atoms with Gasteiger partial charge in [-0.2, -0.15) is 0 Å². The molecule has 0 bridgehead atoms. The molecule has 0 N–H and O–H groups in total. The first kappa shape index (κ1) is 20.2. The standard InChI is InChI=1S/C23H30N2O3S/c1-3-27-20-6-5-17(15-21(20)28-4-2)23(26)24-11-7-19(8-12-24)25-13-9-22-18(16-25)10-14-29-22/h5-6,10,14-15,19H,3-4,7-9,11-13,16H2,1-2H3. The minimum atomic E-state index is 0.0891. The third-order valence-corrected chi connectivity index (χ3v) is 6.92. The van der Waals surface area contributed by atoms with Crippen molar-refractivity contribution in [2.75, 3.05) is 32.8 Å². The van der Waals surface area contributed by atoms with Crippen molar-refractivity contribution in [2.45, 2.75) is 45.7 Å². The highest BCUT2D eigenvalue weighted by Gasteiger charge is 2.30. The number of benzene rings is 1. The average Bonchev–Trinajstić information content (AvgIpc) is 3.23. The van der Waals surface area contributed by atoms with E-state index in [1.807, 2.05) is 48.3 Å². The Kier molecular flexibility index (Phi) is 6.40. The minimum Gasteiger partial charge on any atom is -0.490 e. The van der Waals surface area contributed by atoms with Crippen LogP contribution in [-0.4, -0.2) is 54.6 Å². The van der Waals surface area contributed by atoms with Gasteiger partial charge in [0.2, 0.25) is 0 Å². The average molecular weight is 415 g/mol. The Morgan fingerprint density at radius 3 is 2.59 bits per heavy atom. The van der Waals surface area contributed by atoms with Gasteiger partial charge >= 0.3 is 0 Å². The Hall–Kier alpha value is -2.05. The number of ether oxygens (including phenoxy) is 2. The lowest BCUT2D eigenvalue weighted by atomic mass is 9.99. The lowest BCUT2D eigenvalue weighted by Crippen LogP contribution is -2.47. The van der Waals surface area contributed by atoms with Crippen molar-refractivity contribution in [3.63, 3.8) is 0 Å². The maximum atomic E-state index is 13.1. The molecule has 2 aliphatic heterocycles. The number of hydrogen-bond acceptors (Lipinski definition) is 5. The molecule has 29 heavy (non-hydrogen) atoms. The zero-order valence-electron chi connectivity index (χ0n) is 17.4. The fourth-order valence-electron chi connectivity index (χ4n) is 4.38. The number of carbonyl (C=O) groups is 1. The van der Waals surface area contributed by atoms with Gasteiger partial charge in [0.1, 0.15) is 0 Å². The summed E-state index contributed by atoms with van der Waals surface area (Å²) in [7, 11) is 0. The molecule has 6 heteroatoms. The SMILES string of the molecule is CCOc1ccc(C(=O)N2CCC(N3CCc4sccc4C3)CC2)cc1OCC. The largest absolute Gasteiger partial charge is 0.490 e. The monoisotopic (exact) mass is 414 g/mol. The van der Waals surface area contributed by atoms with Gasteiger partial charge in [-0.3, -0.25) is 9.69 Å². The minimum absolute atomic E-state index is 0.0891. The molecule has 1 saturated heterocycles. The summed E-state index contributed by atoms with van der Waals surface area (Å²) in [4.78, 5) is 19.2. The first-order valence-corrected chi connectivity index (χ1v) is 11.6. The smallest absolute Gasteiger partial charge is 0.253 e. The maximum absolute atomic E-state index is 13.1. The van der Waals surface area contributed by atoms with Crippen LogP contribution in [0.4, 0.5) is 0 Å². The number of carbonyl (C=O) groups excluding carboxylic acids is 1. The molecule has 4 rings (SSSR count). The van der Waals surface area contributed by atoms with E-state index in [0.29, 0.717) is 36.3 Å². The highest BCUT2D eigenvalue weighted by Crippen LogP contribution is 2.31. The summed E-state index contributed by atoms with van der Waals surface area (Å²) in [5.74, 6) is 1.43. The van der Waals surface area contributed by atoms with Crippen molar-refractivity contribution in [1.29, 1.82) is 0 Å². The van der Waals surface area contributed by atoms with E-state index in [4.69, 9.17) is 9.47 Å². The van der Waals surface area contributed by atoms with Gasteiger partial charge in [-0.05, 0) is 68.3 Å². The van der Waals surface area contributed by atoms with Crippen molar-refractivity contribution >= 4 is 17.2 Å². The summed E-state index contributed by atoms with van der Waals surface area (Å²) in [6.07, 6.45) is 3.25. The van der Waals surface area contributed by atoms with Crippen molar-refractivity contribution < 1.29 is 14.3 Å². The molecule has 1 aromatic heterocycles. The Morgan fingerprint density at radius 1 is 1.07 bits per heavy atom. The molecule has 5 nitrogen and oxygen atoms in total. The molecule has 2 aromatic rings. The summed E-state index contributed by atoms with van der Waals surface area (Å²) in [5.41, 5.74) is 2.17. The first-order valence-electron chi connectivity index (χ1n) is 10.7. The fraction of sp³-hybridized carbons (Fsp3) is 0.522. The molecule has 0 unspecified atom stereocenters. The lowest BCUT2D eigenvalue weighted by molar-refractivity contribution is 0.0600. The quantitative estimate of drug-likeness (QED) is 0.710. The van der Waals surface area contributed by atoms with Gasteiger partial charge in [0, 0.05) is 42.7 Å². The van der Waals surface area contributed by atoms with Gasteiger partial charge in [0.05, 0.1) is 13.2 Å². The summed E-state index contributed by atoms with van der Waals surface area (Å²) >= 11 is 1.89. The number of nitrogens with zero attached hydrogens (tertiary/aromatic N) is 2. The molecule has 1 aromatic carbocycles. The number of piperidine rings is 1. The summed E-state index contributed by atoms with van der Waals surface area (Å²) in [6.45, 7) is 8.84. The Labute approximate surface area is 177 Å². The number of hydrogen-bond donors (Lipinski definition) is 0. The molecule has 2 aliphatic rings. The van der Waals surface area contributed by atoms with Crippen LogP contribution in [-0.2, 0) is 13.0 Å². The zero-order chi connectivity index (χ0) is 20.2. The van der Waals surface area contributed by atoms with Gasteiger partial charge in [0.15, 0.2) is 11.5 Å². The van der Waals surface area contributed by atoms with E-state index in [1.54, 1.807) is 4.88 Å². The van der Waals surface area contributed by atoms with Crippen molar-refractivity contribution in [3.8, 4) is 11.5 Å². The Morgan fingerprint density at radius 2 is 1.83 bits per heavy atom. The molecular formula is C23H30N2O3S. The molecule has 0 spiro atoms. The van der Waals surface area contributed by atoms with Crippen molar-refractivity contribution in [3.05, 3.63) is 45.6 Å². The summed E-state index contributed by atoms with van der Waals surface area (Å²) < 4.78 is 11.3. The van der Waals surface area contributed by atoms with E-state index in [0.717, 1.165) is 39.0 Å². The summed E-state index contributed by atoms with van der Waals surface area (Å²) in [5, 5.41) is 2.21. The highest BCUT2D eigenvalue weighted by molar-refractivity contribution is 7.10. The summed E-state index contributed by atoms with van der Waals surface area (Å²) in [6, 6.07) is 8.37. The van der Waals surface area contributed by atoms with Crippen LogP contribution >= 0.6 is 11.3 Å². The van der Waals surface area contributed by atoms with Gasteiger partial charge in [0.25, 0.3) is 5.91 Å². The first-order chi connectivity index (χ1) is 14.2. The van der Waals surface area contributed by atoms with E-state index in [9.17, 15) is 4.79 Å². The van der Waals surface area contributed by atoms with Gasteiger partial charge < -0.3 is 14.4 Å². The highest BCUT2D eigenvalue weighted by atomic mass is 32.1. The molecular weight excluding hydrogens is 384 g/mol. The van der Waals surface area contributed by atoms with Crippen molar-refractivity contribution in [2.24, 2.45) is 0 Å². The predicted molar refractivity (Wildman–Crippen MR) is 116 cm³/mol. The lowest BCUT2D eigenvalue weighted by Gasteiger charge is -2.40.